The van der Waals surface area contributed by atoms with Crippen molar-refractivity contribution in [1.82, 2.24) is 10.2 Å². The maximum absolute atomic E-state index is 12.4. The first-order valence-electron chi connectivity index (χ1n) is 8.89. The van der Waals surface area contributed by atoms with Gasteiger partial charge in [0.05, 0.1) is 0 Å². The van der Waals surface area contributed by atoms with Crippen LogP contribution in [0.2, 0.25) is 0 Å². The van der Waals surface area contributed by atoms with Gasteiger partial charge in [-0.2, -0.15) is 0 Å². The number of para-hydroxylation sites is 1. The van der Waals surface area contributed by atoms with Gasteiger partial charge < -0.3 is 10.6 Å². The molecule has 0 radical (unpaired) electrons. The molecule has 2 N–H and O–H groups in total. The Labute approximate surface area is 149 Å². The average molecular weight is 345 g/mol. The number of amides is 4. The van der Waals surface area contributed by atoms with Crippen molar-refractivity contribution >= 4 is 23.5 Å². The second kappa shape index (κ2) is 8.14. The summed E-state index contributed by atoms with van der Waals surface area (Å²) in [5, 5.41) is 5.55. The van der Waals surface area contributed by atoms with Crippen LogP contribution in [0.5, 0.6) is 0 Å². The van der Waals surface area contributed by atoms with E-state index < -0.39 is 12.1 Å². The first-order valence-corrected chi connectivity index (χ1v) is 8.89. The van der Waals surface area contributed by atoms with Gasteiger partial charge in [-0.3, -0.25) is 14.5 Å². The fourth-order valence-corrected chi connectivity index (χ4v) is 3.08. The first kappa shape index (κ1) is 19.0. The minimum absolute atomic E-state index is 0.263. The topological polar surface area (TPSA) is 78.5 Å². The van der Waals surface area contributed by atoms with Gasteiger partial charge in [0.15, 0.2) is 0 Å². The maximum Gasteiger partial charge on any atom is 0.325 e. The molecule has 6 nitrogen and oxygen atoms in total. The monoisotopic (exact) mass is 345 g/mol. The standard InChI is InChI=1S/C19H27N3O3/c1-5-13-8-7-9-14(6-2)17(13)21-16(23)11-22-18(24)15(10-12(3)4)20-19(22)25/h7-9,12,15H,5-6,10-11H2,1-4H3,(H,20,25)(H,21,23). The van der Waals surface area contributed by atoms with Crippen LogP contribution in [-0.4, -0.2) is 35.3 Å². The Balaban J connectivity index is 2.08. The molecule has 0 aromatic heterocycles. The quantitative estimate of drug-likeness (QED) is 0.746. The average Bonchev–Trinajstić information content (AvgIpc) is 2.81. The van der Waals surface area contributed by atoms with E-state index >= 15 is 0 Å². The van der Waals surface area contributed by atoms with E-state index in [1.165, 1.54) is 0 Å². The maximum atomic E-state index is 12.4. The van der Waals surface area contributed by atoms with Gasteiger partial charge in [0.2, 0.25) is 5.91 Å². The number of hydrogen-bond donors (Lipinski definition) is 2. The fourth-order valence-electron chi connectivity index (χ4n) is 3.08. The molecule has 0 bridgehead atoms. The van der Waals surface area contributed by atoms with Crippen molar-refractivity contribution in [3.05, 3.63) is 29.3 Å². The number of carbonyl (C=O) groups excluding carboxylic acids is 3. The van der Waals surface area contributed by atoms with Gasteiger partial charge in [-0.1, -0.05) is 45.9 Å². The van der Waals surface area contributed by atoms with Crippen LogP contribution in [0.3, 0.4) is 0 Å². The van der Waals surface area contributed by atoms with E-state index in [0.717, 1.165) is 34.6 Å². The molecule has 1 atom stereocenters. The summed E-state index contributed by atoms with van der Waals surface area (Å²) in [7, 11) is 0. The first-order chi connectivity index (χ1) is 11.9. The van der Waals surface area contributed by atoms with Crippen LogP contribution in [0.1, 0.15) is 45.2 Å². The van der Waals surface area contributed by atoms with E-state index in [1.54, 1.807) is 0 Å². The molecule has 1 aliphatic rings. The number of imide groups is 1. The predicted molar refractivity (Wildman–Crippen MR) is 97.3 cm³/mol. The van der Waals surface area contributed by atoms with Crippen LogP contribution < -0.4 is 10.6 Å². The molecule has 136 valence electrons. The lowest BCUT2D eigenvalue weighted by atomic mass is 10.0. The van der Waals surface area contributed by atoms with Crippen molar-refractivity contribution in [2.24, 2.45) is 5.92 Å². The Morgan fingerprint density at radius 2 is 1.80 bits per heavy atom. The SMILES string of the molecule is CCc1cccc(CC)c1NC(=O)CN1C(=O)NC(CC(C)C)C1=O. The molecule has 4 amide bonds. The Hall–Kier alpha value is -2.37. The molecular formula is C19H27N3O3. The number of anilines is 1. The largest absolute Gasteiger partial charge is 0.326 e. The Morgan fingerprint density at radius 1 is 1.20 bits per heavy atom. The highest BCUT2D eigenvalue weighted by molar-refractivity contribution is 6.08. The molecule has 2 rings (SSSR count). The Bertz CT molecular complexity index is 648. The molecule has 0 saturated carbocycles. The summed E-state index contributed by atoms with van der Waals surface area (Å²) in [5.74, 6) is -0.399. The second-order valence-corrected chi connectivity index (χ2v) is 6.76. The highest BCUT2D eigenvalue weighted by Crippen LogP contribution is 2.23. The lowest BCUT2D eigenvalue weighted by Gasteiger charge is -2.17. The Morgan fingerprint density at radius 3 is 2.32 bits per heavy atom. The fraction of sp³-hybridized carbons (Fsp3) is 0.526. The summed E-state index contributed by atoms with van der Waals surface area (Å²) < 4.78 is 0. The number of rotatable bonds is 7. The van der Waals surface area contributed by atoms with Gasteiger partial charge in [0.25, 0.3) is 5.91 Å². The predicted octanol–water partition coefficient (Wildman–Crippen LogP) is 2.72. The molecule has 1 aromatic rings. The van der Waals surface area contributed by atoms with Crippen molar-refractivity contribution in [2.45, 2.75) is 53.0 Å². The van der Waals surface area contributed by atoms with Crippen LogP contribution >= 0.6 is 0 Å². The van der Waals surface area contributed by atoms with Gasteiger partial charge in [-0.15, -0.1) is 0 Å². The van der Waals surface area contributed by atoms with Crippen LogP contribution in [0.25, 0.3) is 0 Å². The molecule has 1 aliphatic heterocycles. The number of nitrogens with zero attached hydrogens (tertiary/aromatic N) is 1. The minimum atomic E-state index is -0.533. The van der Waals surface area contributed by atoms with Gasteiger partial charge in [-0.05, 0) is 36.3 Å². The van der Waals surface area contributed by atoms with Crippen LogP contribution in [-0.2, 0) is 22.4 Å². The molecule has 1 heterocycles. The molecule has 1 fully saturated rings. The number of nitrogens with one attached hydrogen (secondary N) is 2. The number of carbonyl (C=O) groups is 3. The number of aryl methyl sites for hydroxylation is 2. The van der Waals surface area contributed by atoms with Crippen LogP contribution in [0, 0.1) is 5.92 Å². The molecular weight excluding hydrogens is 318 g/mol. The van der Waals surface area contributed by atoms with Crippen LogP contribution in [0.4, 0.5) is 10.5 Å². The van der Waals surface area contributed by atoms with Crippen molar-refractivity contribution in [2.75, 3.05) is 11.9 Å². The van der Waals surface area contributed by atoms with Crippen molar-refractivity contribution < 1.29 is 14.4 Å². The van der Waals surface area contributed by atoms with Crippen LogP contribution in [0.15, 0.2) is 18.2 Å². The van der Waals surface area contributed by atoms with Gasteiger partial charge in [-0.25, -0.2) is 4.79 Å². The van der Waals surface area contributed by atoms with E-state index in [9.17, 15) is 14.4 Å². The van der Waals surface area contributed by atoms with E-state index in [1.807, 2.05) is 45.9 Å². The summed E-state index contributed by atoms with van der Waals surface area (Å²) in [6, 6.07) is 4.89. The minimum Gasteiger partial charge on any atom is -0.326 e. The highest BCUT2D eigenvalue weighted by atomic mass is 16.2. The summed E-state index contributed by atoms with van der Waals surface area (Å²) in [6.07, 6.45) is 2.16. The van der Waals surface area contributed by atoms with Crippen molar-refractivity contribution in [1.29, 1.82) is 0 Å². The van der Waals surface area contributed by atoms with E-state index in [4.69, 9.17) is 0 Å². The zero-order valence-corrected chi connectivity index (χ0v) is 15.4. The van der Waals surface area contributed by atoms with Gasteiger partial charge in [0, 0.05) is 5.69 Å². The van der Waals surface area contributed by atoms with E-state index in [2.05, 4.69) is 10.6 Å². The van der Waals surface area contributed by atoms with Crippen molar-refractivity contribution in [3.8, 4) is 0 Å². The third kappa shape index (κ3) is 4.38. The molecule has 0 spiro atoms. The third-order valence-electron chi connectivity index (χ3n) is 4.38. The normalized spacial score (nSPS) is 17.2. The summed E-state index contributed by atoms with van der Waals surface area (Å²) in [4.78, 5) is 37.8. The number of benzene rings is 1. The molecule has 25 heavy (non-hydrogen) atoms. The number of hydrogen-bond acceptors (Lipinski definition) is 3. The lowest BCUT2D eigenvalue weighted by molar-refractivity contribution is -0.131. The third-order valence-corrected chi connectivity index (χ3v) is 4.38. The zero-order valence-electron chi connectivity index (χ0n) is 15.4. The summed E-state index contributed by atoms with van der Waals surface area (Å²) in [6.45, 7) is 7.77. The highest BCUT2D eigenvalue weighted by Gasteiger charge is 2.39. The lowest BCUT2D eigenvalue weighted by Crippen LogP contribution is -2.38. The molecule has 6 heteroatoms. The molecule has 1 aromatic carbocycles. The summed E-state index contributed by atoms with van der Waals surface area (Å²) >= 11 is 0. The van der Waals surface area contributed by atoms with Crippen molar-refractivity contribution in [3.63, 3.8) is 0 Å². The smallest absolute Gasteiger partial charge is 0.325 e. The van der Waals surface area contributed by atoms with Gasteiger partial charge in [0.1, 0.15) is 12.6 Å². The number of urea groups is 1. The van der Waals surface area contributed by atoms with E-state index in [0.29, 0.717) is 6.42 Å². The molecule has 1 saturated heterocycles. The van der Waals surface area contributed by atoms with Gasteiger partial charge >= 0.3 is 6.03 Å². The Kier molecular flexibility index (Phi) is 6.17. The van der Waals surface area contributed by atoms with E-state index in [-0.39, 0.29) is 24.3 Å². The summed E-state index contributed by atoms with van der Waals surface area (Å²) in [5.41, 5.74) is 2.88. The second-order valence-electron chi connectivity index (χ2n) is 6.76. The zero-order chi connectivity index (χ0) is 18.6. The molecule has 0 aliphatic carbocycles. The molecule has 1 unspecified atom stereocenters.